The van der Waals surface area contributed by atoms with E-state index in [4.69, 9.17) is 9.92 Å². The molecule has 0 radical (unpaired) electrons. The lowest BCUT2D eigenvalue weighted by Crippen LogP contribution is -2.13. The van der Waals surface area contributed by atoms with Gasteiger partial charge in [-0.05, 0) is 12.5 Å². The fourth-order valence-electron chi connectivity index (χ4n) is 2.20. The van der Waals surface area contributed by atoms with Crippen molar-refractivity contribution in [2.75, 3.05) is 12.3 Å². The number of hydrogen-bond donors (Lipinski definition) is 1. The van der Waals surface area contributed by atoms with Crippen LogP contribution in [-0.4, -0.2) is 24.9 Å². The molecular formula is C14H17N3O5S. The summed E-state index contributed by atoms with van der Waals surface area (Å²) in [6, 6.07) is 6.18. The van der Waals surface area contributed by atoms with Crippen LogP contribution in [0.2, 0.25) is 0 Å². The van der Waals surface area contributed by atoms with E-state index in [1.165, 1.54) is 12.1 Å². The highest BCUT2D eigenvalue weighted by atomic mass is 32.2. The minimum absolute atomic E-state index is 0.0378. The van der Waals surface area contributed by atoms with Gasteiger partial charge in [-0.1, -0.05) is 38.0 Å². The molecule has 0 fully saturated rings. The molecule has 2 N–H and O–H groups in total. The summed E-state index contributed by atoms with van der Waals surface area (Å²) in [5.41, 5.74) is 5.09. The third-order valence-electron chi connectivity index (χ3n) is 3.27. The number of nitro groups is 1. The maximum absolute atomic E-state index is 12.5. The van der Waals surface area contributed by atoms with Gasteiger partial charge < -0.3 is 5.73 Å². The van der Waals surface area contributed by atoms with Crippen LogP contribution in [0.4, 0.5) is 11.5 Å². The minimum atomic E-state index is -4.33. The summed E-state index contributed by atoms with van der Waals surface area (Å²) in [7, 11) is -4.33. The predicted molar refractivity (Wildman–Crippen MR) is 85.5 cm³/mol. The van der Waals surface area contributed by atoms with Crippen LogP contribution >= 0.6 is 0 Å². The third kappa shape index (κ3) is 3.57. The van der Waals surface area contributed by atoms with E-state index in [0.29, 0.717) is 6.42 Å². The molecule has 0 aliphatic heterocycles. The Kier molecular flexibility index (Phi) is 5.12. The molecule has 1 heterocycles. The van der Waals surface area contributed by atoms with Gasteiger partial charge in [-0.15, -0.1) is 0 Å². The normalized spacial score (nSPS) is 11.7. The van der Waals surface area contributed by atoms with E-state index in [9.17, 15) is 18.5 Å². The van der Waals surface area contributed by atoms with Crippen LogP contribution in [0.5, 0.6) is 0 Å². The maximum Gasteiger partial charge on any atom is 0.332 e. The first kappa shape index (κ1) is 17.1. The van der Waals surface area contributed by atoms with Gasteiger partial charge in [0.2, 0.25) is 5.82 Å². The fraction of sp³-hybridized carbons (Fsp3) is 0.357. The van der Waals surface area contributed by atoms with E-state index in [1.807, 2.05) is 6.92 Å². The molecule has 0 saturated carbocycles. The highest BCUT2D eigenvalue weighted by Gasteiger charge is 2.33. The zero-order valence-electron chi connectivity index (χ0n) is 12.6. The molecule has 9 heteroatoms. The van der Waals surface area contributed by atoms with Crippen LogP contribution in [0.25, 0.3) is 10.9 Å². The highest BCUT2D eigenvalue weighted by Crippen LogP contribution is 2.36. The SMILES string of the molecule is CCCCCOS(=O)(=O)c1c([N+](=O)[O-])c(N)nc2ccccc12. The number of para-hydroxylation sites is 1. The van der Waals surface area contributed by atoms with Crippen LogP contribution in [0, 0.1) is 10.1 Å². The van der Waals surface area contributed by atoms with Gasteiger partial charge in [-0.25, -0.2) is 4.98 Å². The first-order chi connectivity index (χ1) is 10.9. The summed E-state index contributed by atoms with van der Waals surface area (Å²) >= 11 is 0. The van der Waals surface area contributed by atoms with E-state index in [2.05, 4.69) is 4.98 Å². The minimum Gasteiger partial charge on any atom is -0.378 e. The summed E-state index contributed by atoms with van der Waals surface area (Å²) < 4.78 is 29.9. The van der Waals surface area contributed by atoms with Crippen LogP contribution in [0.1, 0.15) is 26.2 Å². The Morgan fingerprint density at radius 3 is 2.65 bits per heavy atom. The molecule has 2 aromatic rings. The Bertz CT molecular complexity index is 836. The van der Waals surface area contributed by atoms with Crippen molar-refractivity contribution in [1.82, 2.24) is 4.98 Å². The van der Waals surface area contributed by atoms with Gasteiger partial charge in [-0.2, -0.15) is 8.42 Å². The van der Waals surface area contributed by atoms with Gasteiger partial charge in [0.25, 0.3) is 0 Å². The molecule has 2 rings (SSSR count). The molecule has 1 aromatic heterocycles. The number of nitrogen functional groups attached to an aromatic ring is 1. The second-order valence-corrected chi connectivity index (χ2v) is 6.48. The van der Waals surface area contributed by atoms with Crippen molar-refractivity contribution in [2.24, 2.45) is 0 Å². The Labute approximate surface area is 133 Å². The molecule has 0 saturated heterocycles. The first-order valence-corrected chi connectivity index (χ1v) is 8.51. The van der Waals surface area contributed by atoms with Crippen LogP contribution in [0.15, 0.2) is 29.2 Å². The Hall–Kier alpha value is -2.26. The zero-order valence-corrected chi connectivity index (χ0v) is 13.4. The second kappa shape index (κ2) is 6.88. The third-order valence-corrected chi connectivity index (χ3v) is 4.66. The fourth-order valence-corrected chi connectivity index (χ4v) is 3.51. The Morgan fingerprint density at radius 2 is 2.00 bits per heavy atom. The standard InChI is InChI=1S/C14H17N3O5S/c1-2-3-6-9-22-23(20,21)13-10-7-4-5-8-11(10)16-14(15)12(13)17(18)19/h4-5,7-8H,2-3,6,9H2,1H3,(H2,15,16). The number of nitrogens with zero attached hydrogens (tertiary/aromatic N) is 2. The molecule has 0 amide bonds. The molecule has 8 nitrogen and oxygen atoms in total. The van der Waals surface area contributed by atoms with Gasteiger partial charge in [0.15, 0.2) is 4.90 Å². The number of rotatable bonds is 7. The van der Waals surface area contributed by atoms with Crippen molar-refractivity contribution in [3.8, 4) is 0 Å². The molecule has 124 valence electrons. The van der Waals surface area contributed by atoms with Crippen LogP contribution in [-0.2, 0) is 14.3 Å². The lowest BCUT2D eigenvalue weighted by atomic mass is 10.2. The summed E-state index contributed by atoms with van der Waals surface area (Å²) in [6.07, 6.45) is 2.24. The predicted octanol–water partition coefficient (Wildman–Crippen LogP) is 2.62. The Morgan fingerprint density at radius 1 is 1.30 bits per heavy atom. The van der Waals surface area contributed by atoms with E-state index >= 15 is 0 Å². The average Bonchev–Trinajstić information content (AvgIpc) is 2.49. The summed E-state index contributed by atoms with van der Waals surface area (Å²) in [4.78, 5) is 13.8. The van der Waals surface area contributed by atoms with Crippen molar-refractivity contribution in [3.63, 3.8) is 0 Å². The van der Waals surface area contributed by atoms with E-state index < -0.39 is 31.4 Å². The number of fused-ring (bicyclic) bond motifs is 1. The van der Waals surface area contributed by atoms with Gasteiger partial charge in [-0.3, -0.25) is 14.3 Å². The molecule has 1 aromatic carbocycles. The van der Waals surface area contributed by atoms with Gasteiger partial charge >= 0.3 is 15.8 Å². The van der Waals surface area contributed by atoms with E-state index in [0.717, 1.165) is 12.8 Å². The number of aromatic nitrogens is 1. The van der Waals surface area contributed by atoms with Crippen LogP contribution < -0.4 is 5.73 Å². The molecule has 0 unspecified atom stereocenters. The van der Waals surface area contributed by atoms with Crippen molar-refractivity contribution in [2.45, 2.75) is 31.1 Å². The van der Waals surface area contributed by atoms with Crippen molar-refractivity contribution < 1.29 is 17.5 Å². The largest absolute Gasteiger partial charge is 0.378 e. The second-order valence-electron chi connectivity index (χ2n) is 4.93. The average molecular weight is 339 g/mol. The first-order valence-electron chi connectivity index (χ1n) is 7.10. The molecule has 0 atom stereocenters. The molecule has 23 heavy (non-hydrogen) atoms. The number of nitrogens with two attached hydrogens (primary N) is 1. The molecule has 0 aliphatic rings. The zero-order chi connectivity index (χ0) is 17.0. The van der Waals surface area contributed by atoms with Crippen molar-refractivity contribution >= 4 is 32.5 Å². The number of pyridine rings is 1. The van der Waals surface area contributed by atoms with Crippen molar-refractivity contribution in [1.29, 1.82) is 0 Å². The Balaban J connectivity index is 2.61. The molecule has 0 aliphatic carbocycles. The quantitative estimate of drug-likeness (QED) is 0.355. The van der Waals surface area contributed by atoms with Gasteiger partial charge in [0.1, 0.15) is 0 Å². The van der Waals surface area contributed by atoms with E-state index in [1.54, 1.807) is 12.1 Å². The molecule has 0 spiro atoms. The smallest absolute Gasteiger partial charge is 0.332 e. The molecule has 0 bridgehead atoms. The van der Waals surface area contributed by atoms with Crippen LogP contribution in [0.3, 0.4) is 0 Å². The molecular weight excluding hydrogens is 322 g/mol. The number of hydrogen-bond acceptors (Lipinski definition) is 7. The van der Waals surface area contributed by atoms with Crippen molar-refractivity contribution in [3.05, 3.63) is 34.4 Å². The lowest BCUT2D eigenvalue weighted by molar-refractivity contribution is -0.386. The summed E-state index contributed by atoms with van der Waals surface area (Å²) in [6.45, 7) is 1.93. The van der Waals surface area contributed by atoms with Gasteiger partial charge in [0, 0.05) is 5.39 Å². The number of anilines is 1. The summed E-state index contributed by atoms with van der Waals surface area (Å²) in [5.74, 6) is -0.454. The lowest BCUT2D eigenvalue weighted by Gasteiger charge is -2.10. The maximum atomic E-state index is 12.5. The van der Waals surface area contributed by atoms with Gasteiger partial charge in [0.05, 0.1) is 17.0 Å². The van der Waals surface area contributed by atoms with E-state index in [-0.39, 0.29) is 17.5 Å². The summed E-state index contributed by atoms with van der Waals surface area (Å²) in [5, 5.41) is 11.4. The highest BCUT2D eigenvalue weighted by molar-refractivity contribution is 7.87. The number of unbranched alkanes of at least 4 members (excludes halogenated alkanes) is 2. The topological polar surface area (TPSA) is 125 Å². The number of benzene rings is 1. The monoisotopic (exact) mass is 339 g/mol.